The molecule has 2 aliphatic rings. The molecule has 2 rings (SSSR count). The topological polar surface area (TPSA) is 24.9 Å². The van der Waals surface area contributed by atoms with Crippen molar-refractivity contribution in [3.63, 3.8) is 0 Å². The van der Waals surface area contributed by atoms with Crippen molar-refractivity contribution in [1.29, 1.82) is 0 Å². The van der Waals surface area contributed by atoms with E-state index in [1.165, 1.54) is 0 Å². The van der Waals surface area contributed by atoms with E-state index in [1.54, 1.807) is 13.8 Å². The highest BCUT2D eigenvalue weighted by atomic mass is 19.3. The summed E-state index contributed by atoms with van der Waals surface area (Å²) in [6.45, 7) is 10.1. The Balaban J connectivity index is 2.02. The summed E-state index contributed by atoms with van der Waals surface area (Å²) in [6, 6.07) is 0. The lowest BCUT2D eigenvalue weighted by Gasteiger charge is -2.51. The van der Waals surface area contributed by atoms with Crippen LogP contribution >= 0.6 is 0 Å². The predicted molar refractivity (Wildman–Crippen MR) is 77.4 cm³/mol. The minimum Gasteiger partial charge on any atom is -0.369 e. The SMILES string of the molecule is CC(C)OC1CCN(C(C)(C)N2CCCOC2)CC1(F)F. The molecule has 0 aromatic rings. The predicted octanol–water partition coefficient (Wildman–Crippen LogP) is 2.54. The number of rotatable bonds is 4. The third-order valence-electron chi connectivity index (χ3n) is 4.48. The van der Waals surface area contributed by atoms with Crippen molar-refractivity contribution in [2.75, 3.05) is 33.0 Å². The Morgan fingerprint density at radius 3 is 2.48 bits per heavy atom. The first-order valence-electron chi connectivity index (χ1n) is 7.84. The zero-order chi connectivity index (χ0) is 15.7. The second-order valence-corrected chi connectivity index (χ2v) is 6.79. The summed E-state index contributed by atoms with van der Waals surface area (Å²) in [5, 5.41) is 0. The molecule has 2 aliphatic heterocycles. The van der Waals surface area contributed by atoms with E-state index >= 15 is 0 Å². The molecule has 0 aromatic heterocycles. The van der Waals surface area contributed by atoms with Crippen LogP contribution < -0.4 is 0 Å². The number of halogens is 2. The Hall–Kier alpha value is -0.300. The smallest absolute Gasteiger partial charge is 0.286 e. The molecule has 0 amide bonds. The van der Waals surface area contributed by atoms with Gasteiger partial charge in [0.2, 0.25) is 0 Å². The number of alkyl halides is 2. The van der Waals surface area contributed by atoms with Gasteiger partial charge in [0.25, 0.3) is 5.92 Å². The van der Waals surface area contributed by atoms with Crippen molar-refractivity contribution in [2.24, 2.45) is 0 Å². The molecule has 6 heteroatoms. The summed E-state index contributed by atoms with van der Waals surface area (Å²) in [4.78, 5) is 4.00. The van der Waals surface area contributed by atoms with Crippen LogP contribution in [0.5, 0.6) is 0 Å². The van der Waals surface area contributed by atoms with Gasteiger partial charge in [0.05, 0.1) is 18.3 Å². The minimum absolute atomic E-state index is 0.170. The van der Waals surface area contributed by atoms with E-state index in [9.17, 15) is 8.78 Å². The lowest BCUT2D eigenvalue weighted by Crippen LogP contribution is -2.65. The molecule has 2 saturated heterocycles. The average Bonchev–Trinajstić information content (AvgIpc) is 2.41. The van der Waals surface area contributed by atoms with Gasteiger partial charge in [-0.2, -0.15) is 0 Å². The largest absolute Gasteiger partial charge is 0.369 e. The van der Waals surface area contributed by atoms with E-state index in [1.807, 2.05) is 18.7 Å². The van der Waals surface area contributed by atoms with Crippen LogP contribution in [0, 0.1) is 0 Å². The molecule has 2 heterocycles. The van der Waals surface area contributed by atoms with Gasteiger partial charge < -0.3 is 9.47 Å². The van der Waals surface area contributed by atoms with E-state index < -0.39 is 17.7 Å². The first-order chi connectivity index (χ1) is 9.73. The molecular weight excluding hydrogens is 278 g/mol. The maximum atomic E-state index is 14.4. The number of likely N-dealkylation sites (tertiary alicyclic amines) is 1. The van der Waals surface area contributed by atoms with Gasteiger partial charge in [-0.25, -0.2) is 8.78 Å². The van der Waals surface area contributed by atoms with Crippen molar-refractivity contribution < 1.29 is 18.3 Å². The van der Waals surface area contributed by atoms with Gasteiger partial charge in [0.1, 0.15) is 12.8 Å². The lowest BCUT2D eigenvalue weighted by molar-refractivity contribution is -0.216. The lowest BCUT2D eigenvalue weighted by atomic mass is 9.99. The normalized spacial score (nSPS) is 29.0. The van der Waals surface area contributed by atoms with Crippen molar-refractivity contribution >= 4 is 0 Å². The van der Waals surface area contributed by atoms with Crippen LogP contribution in [0.25, 0.3) is 0 Å². The molecular formula is C15H28F2N2O2. The van der Waals surface area contributed by atoms with E-state index in [2.05, 4.69) is 4.90 Å². The molecule has 1 atom stereocenters. The van der Waals surface area contributed by atoms with Crippen molar-refractivity contribution in [1.82, 2.24) is 9.80 Å². The first-order valence-corrected chi connectivity index (χ1v) is 7.84. The Labute approximate surface area is 126 Å². The highest BCUT2D eigenvalue weighted by Gasteiger charge is 2.50. The standard InChI is InChI=1S/C15H28F2N2O2/c1-12(2)21-13-6-8-18(10-15(13,16)17)14(3,4)19-7-5-9-20-11-19/h12-13H,5-11H2,1-4H3. The van der Waals surface area contributed by atoms with Crippen LogP contribution in [0.3, 0.4) is 0 Å². The highest BCUT2D eigenvalue weighted by Crippen LogP contribution is 2.35. The Morgan fingerprint density at radius 1 is 1.24 bits per heavy atom. The van der Waals surface area contributed by atoms with Gasteiger partial charge in [0.15, 0.2) is 0 Å². The van der Waals surface area contributed by atoms with Gasteiger partial charge in [-0.1, -0.05) is 0 Å². The molecule has 124 valence electrons. The fourth-order valence-corrected chi connectivity index (χ4v) is 3.11. The molecule has 0 bridgehead atoms. The molecule has 0 spiro atoms. The second kappa shape index (κ2) is 6.44. The monoisotopic (exact) mass is 306 g/mol. The average molecular weight is 306 g/mol. The maximum Gasteiger partial charge on any atom is 0.286 e. The van der Waals surface area contributed by atoms with Crippen LogP contribution in [-0.2, 0) is 9.47 Å². The number of hydrogen-bond acceptors (Lipinski definition) is 4. The summed E-state index contributed by atoms with van der Waals surface area (Å²) in [7, 11) is 0. The summed E-state index contributed by atoms with van der Waals surface area (Å²) in [5.74, 6) is -2.81. The van der Waals surface area contributed by atoms with E-state index in [0.29, 0.717) is 19.7 Å². The minimum atomic E-state index is -2.81. The summed E-state index contributed by atoms with van der Waals surface area (Å²) in [5.41, 5.74) is -0.424. The van der Waals surface area contributed by atoms with E-state index in [0.717, 1.165) is 19.6 Å². The van der Waals surface area contributed by atoms with Crippen molar-refractivity contribution in [3.05, 3.63) is 0 Å². The summed E-state index contributed by atoms with van der Waals surface area (Å²) < 4.78 is 39.6. The van der Waals surface area contributed by atoms with Gasteiger partial charge in [-0.3, -0.25) is 9.80 Å². The van der Waals surface area contributed by atoms with Crippen LogP contribution in [0.2, 0.25) is 0 Å². The first kappa shape index (κ1) is 17.1. The zero-order valence-corrected chi connectivity index (χ0v) is 13.6. The Bertz CT molecular complexity index is 345. The van der Waals surface area contributed by atoms with Crippen molar-refractivity contribution in [3.8, 4) is 0 Å². The quantitative estimate of drug-likeness (QED) is 0.797. The fourth-order valence-electron chi connectivity index (χ4n) is 3.11. The van der Waals surface area contributed by atoms with Crippen molar-refractivity contribution in [2.45, 2.75) is 64.3 Å². The Morgan fingerprint density at radius 2 is 1.95 bits per heavy atom. The fraction of sp³-hybridized carbons (Fsp3) is 1.00. The third-order valence-corrected chi connectivity index (χ3v) is 4.48. The molecule has 2 fully saturated rings. The zero-order valence-electron chi connectivity index (χ0n) is 13.6. The van der Waals surface area contributed by atoms with Gasteiger partial charge in [-0.15, -0.1) is 0 Å². The van der Waals surface area contributed by atoms with Gasteiger partial charge in [0, 0.05) is 19.7 Å². The number of piperidine rings is 1. The molecule has 4 nitrogen and oxygen atoms in total. The van der Waals surface area contributed by atoms with Crippen LogP contribution in [0.1, 0.15) is 40.5 Å². The van der Waals surface area contributed by atoms with Gasteiger partial charge >= 0.3 is 0 Å². The van der Waals surface area contributed by atoms with E-state index in [4.69, 9.17) is 9.47 Å². The maximum absolute atomic E-state index is 14.4. The third kappa shape index (κ3) is 3.92. The highest BCUT2D eigenvalue weighted by molar-refractivity contribution is 4.94. The second-order valence-electron chi connectivity index (χ2n) is 6.79. The van der Waals surface area contributed by atoms with Crippen LogP contribution in [-0.4, -0.2) is 66.6 Å². The summed E-state index contributed by atoms with van der Waals surface area (Å²) >= 11 is 0. The van der Waals surface area contributed by atoms with E-state index in [-0.39, 0.29) is 12.6 Å². The number of ether oxygens (including phenoxy) is 2. The molecule has 0 radical (unpaired) electrons. The molecule has 21 heavy (non-hydrogen) atoms. The number of hydrogen-bond donors (Lipinski definition) is 0. The van der Waals surface area contributed by atoms with Crippen LogP contribution in [0.15, 0.2) is 0 Å². The molecule has 0 saturated carbocycles. The summed E-state index contributed by atoms with van der Waals surface area (Å²) in [6.07, 6.45) is 0.175. The molecule has 0 aliphatic carbocycles. The van der Waals surface area contributed by atoms with Gasteiger partial charge in [-0.05, 0) is 40.5 Å². The molecule has 1 unspecified atom stereocenters. The molecule has 0 aromatic carbocycles. The number of nitrogens with zero attached hydrogens (tertiary/aromatic N) is 2. The van der Waals surface area contributed by atoms with Crippen LogP contribution in [0.4, 0.5) is 8.78 Å². The molecule has 0 N–H and O–H groups in total. The Kier molecular flexibility index (Phi) is 5.23.